The molecule has 0 aliphatic carbocycles. The summed E-state index contributed by atoms with van der Waals surface area (Å²) in [4.78, 5) is 11.6. The fourth-order valence-corrected chi connectivity index (χ4v) is 1.19. The summed E-state index contributed by atoms with van der Waals surface area (Å²) in [6, 6.07) is 0. The third-order valence-corrected chi connectivity index (χ3v) is 2.76. The maximum absolute atomic E-state index is 3.87. The molecular weight excluding hydrogens is 389 g/mol. The predicted octanol–water partition coefficient (Wildman–Crippen LogP) is 3.71. The zero-order valence-electron chi connectivity index (χ0n) is 13.3. The van der Waals surface area contributed by atoms with Gasteiger partial charge in [-0.05, 0) is 17.5 Å². The van der Waals surface area contributed by atoms with E-state index in [1.54, 1.807) is 18.6 Å². The van der Waals surface area contributed by atoms with Crippen LogP contribution >= 0.6 is 0 Å². The first kappa shape index (κ1) is 31.1. The molecule has 0 amide bonds. The number of rotatable bonds is 0. The molecule has 0 N–H and O–H groups in total. The number of aromatic nitrogens is 6. The van der Waals surface area contributed by atoms with Crippen LogP contribution in [-0.2, 0) is 53.9 Å². The summed E-state index contributed by atoms with van der Waals surface area (Å²) in [6.07, 6.45) is 10.8. The Morgan fingerprint density at radius 2 is 0.800 bits per heavy atom. The number of hydrogen-bond acceptors (Lipinski definition) is 3. The van der Waals surface area contributed by atoms with Gasteiger partial charge in [0.25, 0.3) is 0 Å². The Morgan fingerprint density at radius 1 is 0.600 bits per heavy atom. The van der Waals surface area contributed by atoms with Crippen LogP contribution in [0.3, 0.4) is 0 Å². The quantitative estimate of drug-likeness (QED) is 0.519. The third kappa shape index (κ3) is 11.5. The van der Waals surface area contributed by atoms with Crippen molar-refractivity contribution in [3.05, 3.63) is 75.4 Å². The molecule has 0 bridgehead atoms. The number of hydrogen-bond donors (Lipinski definition) is 0. The average molecular weight is 422 g/mol. The van der Waals surface area contributed by atoms with Gasteiger partial charge < -0.3 is 34.5 Å². The molecule has 0 aromatic carbocycles. The summed E-state index contributed by atoms with van der Waals surface area (Å²) in [6.45, 7) is 10.9. The van der Waals surface area contributed by atoms with E-state index in [1.165, 1.54) is 0 Å². The smallest absolute Gasteiger partial charge is 0.364 e. The van der Waals surface area contributed by atoms with Crippen LogP contribution in [0.15, 0.2) is 37.2 Å². The molecule has 138 valence electrons. The van der Waals surface area contributed by atoms with Crippen LogP contribution in [-0.4, -0.2) is 28.7 Å². The van der Waals surface area contributed by atoms with Crippen LogP contribution in [0.1, 0.15) is 39.8 Å². The van der Waals surface area contributed by atoms with Gasteiger partial charge in [-0.15, -0.1) is 0 Å². The van der Waals surface area contributed by atoms with E-state index in [0.717, 1.165) is 17.5 Å². The Hall–Kier alpha value is -1.66. The Labute approximate surface area is 179 Å². The minimum absolute atomic E-state index is 0. The van der Waals surface area contributed by atoms with Crippen LogP contribution in [0.25, 0.3) is 0 Å². The van der Waals surface area contributed by atoms with Crippen LogP contribution in [0.5, 0.6) is 0 Å². The second-order valence-electron chi connectivity index (χ2n) is 4.36. The predicted molar refractivity (Wildman–Crippen MR) is 103 cm³/mol. The maximum Gasteiger partial charge on any atom is 3.00 e. The molecule has 0 saturated heterocycles. The van der Waals surface area contributed by atoms with Crippen molar-refractivity contribution in [3.63, 3.8) is 0 Å². The van der Waals surface area contributed by atoms with Crippen molar-refractivity contribution < 1.29 is 32.7 Å². The van der Waals surface area contributed by atoms with Crippen molar-refractivity contribution in [2.45, 2.75) is 22.3 Å². The van der Waals surface area contributed by atoms with Gasteiger partial charge in [0.15, 0.2) is 0 Å². The summed E-state index contributed by atoms with van der Waals surface area (Å²) in [5.41, 5.74) is 0. The molecule has 6 nitrogen and oxygen atoms in total. The molecule has 0 aliphatic heterocycles. The molecule has 25 heavy (non-hydrogen) atoms. The van der Waals surface area contributed by atoms with Gasteiger partial charge in [0, 0.05) is 58.3 Å². The van der Waals surface area contributed by atoms with Crippen LogP contribution in [0, 0.1) is 20.8 Å². The Morgan fingerprint density at radius 3 is 0.840 bits per heavy atom. The molecule has 0 unspecified atom stereocenters. The van der Waals surface area contributed by atoms with Crippen molar-refractivity contribution >= 4 is 0 Å². The van der Waals surface area contributed by atoms with Gasteiger partial charge in [0.1, 0.15) is 0 Å². The van der Waals surface area contributed by atoms with E-state index < -0.39 is 0 Å². The van der Waals surface area contributed by atoms with Gasteiger partial charge >= 0.3 is 32.7 Å². The van der Waals surface area contributed by atoms with Gasteiger partial charge in [-0.25, -0.2) is 0 Å². The molecule has 0 saturated carbocycles. The molecule has 7 heteroatoms. The summed E-state index contributed by atoms with van der Waals surface area (Å²) in [7, 11) is 5.74. The summed E-state index contributed by atoms with van der Waals surface area (Å²) in [5, 5.41) is 0. The normalized spacial score (nSPS) is 7.80. The maximum atomic E-state index is 3.87. The second-order valence-corrected chi connectivity index (χ2v) is 4.36. The van der Waals surface area contributed by atoms with Crippen molar-refractivity contribution in [2.24, 2.45) is 21.1 Å². The number of nitrogens with zero attached hydrogens (tertiary/aromatic N) is 6. The van der Waals surface area contributed by atoms with E-state index in [-0.39, 0.29) is 55.0 Å². The average Bonchev–Trinajstić information content (AvgIpc) is 3.11. The summed E-state index contributed by atoms with van der Waals surface area (Å²) >= 11 is 0. The van der Waals surface area contributed by atoms with Gasteiger partial charge in [-0.3, -0.25) is 15.0 Å². The molecule has 0 atom stereocenters. The molecule has 0 aliphatic rings. The molecule has 3 aromatic heterocycles. The SMILES string of the molecule is C.C.C.[CH2-]c1nccn1C.[CH2-]c1nccn1C.[CH2-]c1nccn1C.[Y+3]. The third-order valence-electron chi connectivity index (χ3n) is 2.76. The zero-order chi connectivity index (χ0) is 15.8. The van der Waals surface area contributed by atoms with Gasteiger partial charge in [0.2, 0.25) is 0 Å². The second kappa shape index (κ2) is 15.8. The van der Waals surface area contributed by atoms with Gasteiger partial charge in [0.05, 0.1) is 0 Å². The van der Waals surface area contributed by atoms with Crippen molar-refractivity contribution in [1.29, 1.82) is 0 Å². The largest absolute Gasteiger partial charge is 3.00 e. The van der Waals surface area contributed by atoms with E-state index in [1.807, 2.05) is 53.4 Å². The first-order chi connectivity index (χ1) is 9.91. The first-order valence-electron chi connectivity index (χ1n) is 6.29. The van der Waals surface area contributed by atoms with Crippen molar-refractivity contribution in [1.82, 2.24) is 28.7 Å². The monoisotopic (exact) mass is 422 g/mol. The number of aryl methyl sites for hydroxylation is 3. The van der Waals surface area contributed by atoms with E-state index in [4.69, 9.17) is 0 Å². The van der Waals surface area contributed by atoms with Crippen LogP contribution in [0.2, 0.25) is 0 Å². The van der Waals surface area contributed by atoms with Crippen LogP contribution in [0.4, 0.5) is 0 Å². The van der Waals surface area contributed by atoms with E-state index >= 15 is 0 Å². The fraction of sp³-hybridized carbons (Fsp3) is 0.333. The Balaban J connectivity index is -0.000000122. The van der Waals surface area contributed by atoms with E-state index in [2.05, 4.69) is 35.7 Å². The van der Waals surface area contributed by atoms with Crippen LogP contribution < -0.4 is 0 Å². The molecule has 0 fully saturated rings. The summed E-state index contributed by atoms with van der Waals surface area (Å²) in [5.74, 6) is 2.42. The fourth-order valence-electron chi connectivity index (χ4n) is 1.19. The minimum Gasteiger partial charge on any atom is -0.364 e. The first-order valence-corrected chi connectivity index (χ1v) is 6.29. The molecular formula is C18H33N6Y. The van der Waals surface area contributed by atoms with Crippen molar-refractivity contribution in [2.75, 3.05) is 0 Å². The van der Waals surface area contributed by atoms with E-state index in [9.17, 15) is 0 Å². The number of imidazole rings is 3. The molecule has 3 heterocycles. The molecule has 3 aromatic rings. The van der Waals surface area contributed by atoms with Gasteiger partial charge in [-0.2, -0.15) is 0 Å². The van der Waals surface area contributed by atoms with Gasteiger partial charge in [-0.1, -0.05) is 22.3 Å². The van der Waals surface area contributed by atoms with E-state index in [0.29, 0.717) is 0 Å². The minimum atomic E-state index is 0. The Kier molecular flexibility index (Phi) is 19.7. The topological polar surface area (TPSA) is 53.5 Å². The standard InChI is InChI=1S/3C5H7N2.3CH4.Y/c3*1-5-6-3-4-7(5)2;;;;/h3*3-4H,1H2,2H3;3*1H4;/q3*-1;;;;+3. The zero-order valence-corrected chi connectivity index (χ0v) is 16.2. The Bertz CT molecular complexity index is 513. The molecule has 0 radical (unpaired) electrons. The van der Waals surface area contributed by atoms with Crippen molar-refractivity contribution in [3.8, 4) is 0 Å². The summed E-state index contributed by atoms with van der Waals surface area (Å²) < 4.78 is 5.58. The molecule has 0 spiro atoms. The molecule has 3 rings (SSSR count).